The Kier molecular flexibility index (Phi) is 2.96. The summed E-state index contributed by atoms with van der Waals surface area (Å²) in [7, 11) is 1.61. The summed E-state index contributed by atoms with van der Waals surface area (Å²) >= 11 is 0. The molecule has 1 saturated carbocycles. The first-order valence-electron chi connectivity index (χ1n) is 5.90. The van der Waals surface area contributed by atoms with Gasteiger partial charge in [-0.2, -0.15) is 0 Å². The minimum atomic E-state index is -0.114. The highest BCUT2D eigenvalue weighted by Crippen LogP contribution is 2.44. The Labute approximate surface area is 102 Å². The van der Waals surface area contributed by atoms with E-state index in [2.05, 4.69) is 17.6 Å². The van der Waals surface area contributed by atoms with Crippen LogP contribution in [0.3, 0.4) is 0 Å². The predicted molar refractivity (Wildman–Crippen MR) is 70.1 cm³/mol. The molecule has 0 aromatic heterocycles. The Morgan fingerprint density at radius 3 is 2.71 bits per heavy atom. The van der Waals surface area contributed by atoms with Crippen LogP contribution in [0.1, 0.15) is 30.1 Å². The predicted octanol–water partition coefficient (Wildman–Crippen LogP) is 1.84. The van der Waals surface area contributed by atoms with Crippen molar-refractivity contribution in [3.05, 3.63) is 23.8 Å². The van der Waals surface area contributed by atoms with Crippen LogP contribution in [0.5, 0.6) is 0 Å². The second kappa shape index (κ2) is 4.28. The van der Waals surface area contributed by atoms with Gasteiger partial charge in [-0.1, -0.05) is 6.92 Å². The van der Waals surface area contributed by atoms with Crippen LogP contribution in [0.15, 0.2) is 18.2 Å². The number of benzene rings is 1. The second-order valence-corrected chi connectivity index (χ2v) is 5.05. The molecule has 0 atom stereocenters. The monoisotopic (exact) mass is 233 g/mol. The summed E-state index contributed by atoms with van der Waals surface area (Å²) in [5.74, 6) is -0.114. The number of nitrogens with one attached hydrogen (secondary N) is 2. The van der Waals surface area contributed by atoms with E-state index in [0.29, 0.717) is 16.7 Å². The van der Waals surface area contributed by atoms with Crippen LogP contribution in [-0.2, 0) is 0 Å². The van der Waals surface area contributed by atoms with Gasteiger partial charge in [0.05, 0.1) is 11.4 Å². The van der Waals surface area contributed by atoms with Gasteiger partial charge in [0.2, 0.25) is 0 Å². The molecule has 4 nitrogen and oxygen atoms in total. The Hall–Kier alpha value is -1.71. The minimum Gasteiger partial charge on any atom is -0.397 e. The molecular formula is C13H19N3O. The molecule has 0 aliphatic heterocycles. The highest BCUT2D eigenvalue weighted by Gasteiger charge is 2.36. The summed E-state index contributed by atoms with van der Waals surface area (Å²) in [5, 5.41) is 5.92. The molecule has 0 bridgehead atoms. The van der Waals surface area contributed by atoms with Gasteiger partial charge in [-0.05, 0) is 36.5 Å². The van der Waals surface area contributed by atoms with E-state index in [9.17, 15) is 4.79 Å². The number of rotatable bonds is 4. The molecule has 1 aromatic rings. The summed E-state index contributed by atoms with van der Waals surface area (Å²) in [6.45, 7) is 3.20. The molecule has 0 heterocycles. The van der Waals surface area contributed by atoms with E-state index >= 15 is 0 Å². The van der Waals surface area contributed by atoms with Crippen LogP contribution >= 0.6 is 0 Å². The number of hydrogen-bond donors (Lipinski definition) is 3. The van der Waals surface area contributed by atoms with Crippen molar-refractivity contribution in [2.24, 2.45) is 5.41 Å². The zero-order valence-electron chi connectivity index (χ0n) is 10.3. The van der Waals surface area contributed by atoms with Crippen molar-refractivity contribution in [1.29, 1.82) is 0 Å². The third-order valence-corrected chi connectivity index (χ3v) is 3.35. The number of nitrogen functional groups attached to an aromatic ring is 1. The topological polar surface area (TPSA) is 67.2 Å². The highest BCUT2D eigenvalue weighted by molar-refractivity contribution is 5.95. The molecule has 1 amide bonds. The lowest BCUT2D eigenvalue weighted by Crippen LogP contribution is -2.18. The van der Waals surface area contributed by atoms with Gasteiger partial charge < -0.3 is 16.4 Å². The first-order valence-corrected chi connectivity index (χ1v) is 5.90. The summed E-state index contributed by atoms with van der Waals surface area (Å²) in [6.07, 6.45) is 2.55. The van der Waals surface area contributed by atoms with E-state index in [1.54, 1.807) is 19.2 Å². The number of carbonyl (C=O) groups is 1. The molecule has 1 aliphatic rings. The molecule has 0 unspecified atom stereocenters. The van der Waals surface area contributed by atoms with Crippen molar-refractivity contribution in [2.75, 3.05) is 24.6 Å². The van der Waals surface area contributed by atoms with Crippen LogP contribution in [-0.4, -0.2) is 19.5 Å². The van der Waals surface area contributed by atoms with Crippen LogP contribution in [0, 0.1) is 5.41 Å². The standard InChI is InChI=1S/C13H19N3O/c1-13(5-6-13)8-16-11-4-3-9(7-10(11)14)12(17)15-2/h3-4,7,16H,5-6,8,14H2,1-2H3,(H,15,17). The maximum atomic E-state index is 11.4. The van der Waals surface area contributed by atoms with Crippen LogP contribution in [0.2, 0.25) is 0 Å². The fourth-order valence-corrected chi connectivity index (χ4v) is 1.71. The first-order chi connectivity index (χ1) is 8.04. The van der Waals surface area contributed by atoms with Gasteiger partial charge >= 0.3 is 0 Å². The molecule has 1 aliphatic carbocycles. The fraction of sp³-hybridized carbons (Fsp3) is 0.462. The van der Waals surface area contributed by atoms with E-state index in [-0.39, 0.29) is 5.91 Å². The Morgan fingerprint density at radius 1 is 1.47 bits per heavy atom. The quantitative estimate of drug-likeness (QED) is 0.695. The lowest BCUT2D eigenvalue weighted by molar-refractivity contribution is 0.0963. The van der Waals surface area contributed by atoms with Crippen LogP contribution in [0.25, 0.3) is 0 Å². The molecule has 92 valence electrons. The van der Waals surface area contributed by atoms with Crippen molar-refractivity contribution >= 4 is 17.3 Å². The summed E-state index contributed by atoms with van der Waals surface area (Å²) in [4.78, 5) is 11.4. The molecule has 2 rings (SSSR count). The molecule has 0 spiro atoms. The van der Waals surface area contributed by atoms with E-state index in [1.165, 1.54) is 12.8 Å². The molecule has 17 heavy (non-hydrogen) atoms. The Bertz CT molecular complexity index is 438. The normalized spacial score (nSPS) is 16.4. The largest absolute Gasteiger partial charge is 0.397 e. The van der Waals surface area contributed by atoms with Gasteiger partial charge in [-0.25, -0.2) is 0 Å². The molecule has 0 radical (unpaired) electrons. The lowest BCUT2D eigenvalue weighted by Gasteiger charge is -2.14. The van der Waals surface area contributed by atoms with E-state index in [1.807, 2.05) is 6.07 Å². The average molecular weight is 233 g/mol. The number of nitrogens with two attached hydrogens (primary N) is 1. The maximum absolute atomic E-state index is 11.4. The molecule has 1 aromatic carbocycles. The maximum Gasteiger partial charge on any atom is 0.251 e. The number of anilines is 2. The van der Waals surface area contributed by atoms with E-state index < -0.39 is 0 Å². The molecule has 4 N–H and O–H groups in total. The van der Waals surface area contributed by atoms with Crippen LogP contribution < -0.4 is 16.4 Å². The van der Waals surface area contributed by atoms with Gasteiger partial charge in [0.25, 0.3) is 5.91 Å². The summed E-state index contributed by atoms with van der Waals surface area (Å²) in [6, 6.07) is 5.36. The minimum absolute atomic E-state index is 0.114. The van der Waals surface area contributed by atoms with Crippen molar-refractivity contribution in [2.45, 2.75) is 19.8 Å². The SMILES string of the molecule is CNC(=O)c1ccc(NCC2(C)CC2)c(N)c1. The summed E-state index contributed by atoms with van der Waals surface area (Å²) in [5.41, 5.74) is 8.48. The average Bonchev–Trinajstić information content (AvgIpc) is 3.05. The zero-order chi connectivity index (χ0) is 12.5. The van der Waals surface area contributed by atoms with Crippen molar-refractivity contribution in [3.63, 3.8) is 0 Å². The highest BCUT2D eigenvalue weighted by atomic mass is 16.1. The molecule has 4 heteroatoms. The molecule has 0 saturated heterocycles. The van der Waals surface area contributed by atoms with Gasteiger partial charge in [0.1, 0.15) is 0 Å². The smallest absolute Gasteiger partial charge is 0.251 e. The number of carbonyl (C=O) groups excluding carboxylic acids is 1. The van der Waals surface area contributed by atoms with Crippen molar-refractivity contribution in [1.82, 2.24) is 5.32 Å². The fourth-order valence-electron chi connectivity index (χ4n) is 1.71. The zero-order valence-corrected chi connectivity index (χ0v) is 10.3. The second-order valence-electron chi connectivity index (χ2n) is 5.05. The Balaban J connectivity index is 2.06. The molecule has 1 fully saturated rings. The van der Waals surface area contributed by atoms with Gasteiger partial charge in [0.15, 0.2) is 0 Å². The van der Waals surface area contributed by atoms with E-state index in [0.717, 1.165) is 12.2 Å². The first kappa shape index (κ1) is 11.8. The number of amides is 1. The number of hydrogen-bond acceptors (Lipinski definition) is 3. The van der Waals surface area contributed by atoms with Gasteiger partial charge in [-0.3, -0.25) is 4.79 Å². The Morgan fingerprint density at radius 2 is 2.18 bits per heavy atom. The lowest BCUT2D eigenvalue weighted by atomic mass is 10.1. The van der Waals surface area contributed by atoms with Gasteiger partial charge in [-0.15, -0.1) is 0 Å². The third kappa shape index (κ3) is 2.70. The molecular weight excluding hydrogens is 214 g/mol. The van der Waals surface area contributed by atoms with Crippen LogP contribution in [0.4, 0.5) is 11.4 Å². The van der Waals surface area contributed by atoms with Crippen molar-refractivity contribution < 1.29 is 4.79 Å². The third-order valence-electron chi connectivity index (χ3n) is 3.35. The van der Waals surface area contributed by atoms with Crippen molar-refractivity contribution in [3.8, 4) is 0 Å². The van der Waals surface area contributed by atoms with E-state index in [4.69, 9.17) is 5.73 Å². The summed E-state index contributed by atoms with van der Waals surface area (Å²) < 4.78 is 0. The van der Waals surface area contributed by atoms with Gasteiger partial charge in [0, 0.05) is 19.2 Å².